The zero-order valence-corrected chi connectivity index (χ0v) is 12.5. The third-order valence-corrected chi connectivity index (χ3v) is 3.25. The Hall–Kier alpha value is -1.73. The molecule has 3 nitrogen and oxygen atoms in total. The van der Waals surface area contributed by atoms with E-state index < -0.39 is 8.07 Å². The SMILES string of the molecule is COC(=O)c1cc(N)c(C#C[Si](C)(C)C)cc1C. The van der Waals surface area contributed by atoms with E-state index in [1.165, 1.54) is 7.11 Å². The molecule has 0 heterocycles. The van der Waals surface area contributed by atoms with E-state index >= 15 is 0 Å². The molecule has 0 aliphatic carbocycles. The summed E-state index contributed by atoms with van der Waals surface area (Å²) >= 11 is 0. The zero-order valence-electron chi connectivity index (χ0n) is 11.5. The molecule has 96 valence electrons. The molecule has 1 rings (SSSR count). The molecule has 0 spiro atoms. The van der Waals surface area contributed by atoms with Crippen molar-refractivity contribution in [3.8, 4) is 11.5 Å². The van der Waals surface area contributed by atoms with Crippen LogP contribution in [0.15, 0.2) is 12.1 Å². The fraction of sp³-hybridized carbons (Fsp3) is 0.357. The van der Waals surface area contributed by atoms with Gasteiger partial charge in [0.1, 0.15) is 8.07 Å². The monoisotopic (exact) mass is 261 g/mol. The summed E-state index contributed by atoms with van der Waals surface area (Å²) < 4.78 is 4.70. The van der Waals surface area contributed by atoms with E-state index in [0.717, 1.165) is 11.1 Å². The predicted octanol–water partition coefficient (Wildman–Crippen LogP) is 2.59. The van der Waals surface area contributed by atoms with Gasteiger partial charge in [0.15, 0.2) is 0 Å². The molecular weight excluding hydrogens is 242 g/mol. The highest BCUT2D eigenvalue weighted by molar-refractivity contribution is 6.83. The summed E-state index contributed by atoms with van der Waals surface area (Å²) in [6.07, 6.45) is 0. The van der Waals surface area contributed by atoms with Crippen LogP contribution in [0, 0.1) is 18.4 Å². The lowest BCUT2D eigenvalue weighted by Gasteiger charge is -2.08. The number of anilines is 1. The Morgan fingerprint density at radius 3 is 2.44 bits per heavy atom. The first-order valence-electron chi connectivity index (χ1n) is 5.76. The lowest BCUT2D eigenvalue weighted by molar-refractivity contribution is 0.0600. The molecule has 2 N–H and O–H groups in total. The normalized spacial score (nSPS) is 10.5. The highest BCUT2D eigenvalue weighted by Gasteiger charge is 2.12. The second-order valence-electron chi connectivity index (χ2n) is 5.25. The summed E-state index contributed by atoms with van der Waals surface area (Å²) in [6.45, 7) is 8.37. The summed E-state index contributed by atoms with van der Waals surface area (Å²) in [7, 11) is -0.0729. The van der Waals surface area contributed by atoms with E-state index in [9.17, 15) is 4.79 Å². The Bertz CT molecular complexity index is 533. The van der Waals surface area contributed by atoms with Crippen molar-refractivity contribution in [3.63, 3.8) is 0 Å². The number of nitrogens with two attached hydrogens (primary N) is 1. The maximum atomic E-state index is 11.5. The zero-order chi connectivity index (χ0) is 13.9. The number of hydrogen-bond donors (Lipinski definition) is 1. The molecule has 0 saturated carbocycles. The number of ether oxygens (including phenoxy) is 1. The van der Waals surface area contributed by atoms with E-state index in [0.29, 0.717) is 11.3 Å². The van der Waals surface area contributed by atoms with Gasteiger partial charge in [0, 0.05) is 11.3 Å². The van der Waals surface area contributed by atoms with E-state index in [1.54, 1.807) is 6.07 Å². The van der Waals surface area contributed by atoms with Gasteiger partial charge in [-0.1, -0.05) is 25.6 Å². The molecule has 0 radical (unpaired) electrons. The van der Waals surface area contributed by atoms with Crippen LogP contribution >= 0.6 is 0 Å². The number of rotatable bonds is 1. The first-order valence-corrected chi connectivity index (χ1v) is 9.26. The Morgan fingerprint density at radius 2 is 1.94 bits per heavy atom. The fourth-order valence-corrected chi connectivity index (χ4v) is 1.93. The first kappa shape index (κ1) is 14.3. The highest BCUT2D eigenvalue weighted by Crippen LogP contribution is 2.19. The van der Waals surface area contributed by atoms with E-state index in [4.69, 9.17) is 10.5 Å². The standard InChI is InChI=1S/C14H19NO2Si/c1-10-8-11(6-7-18(3,4)5)13(15)9-12(10)14(16)17-2/h8-9H,15H2,1-5H3. The quantitative estimate of drug-likeness (QED) is 0.366. The lowest BCUT2D eigenvalue weighted by Crippen LogP contribution is -2.16. The average Bonchev–Trinajstić information content (AvgIpc) is 2.27. The van der Waals surface area contributed by atoms with Crippen LogP contribution in [0.4, 0.5) is 5.69 Å². The third-order valence-electron chi connectivity index (χ3n) is 2.37. The number of aryl methyl sites for hydroxylation is 1. The molecule has 0 aromatic heterocycles. The van der Waals surface area contributed by atoms with Crippen molar-refractivity contribution in [3.05, 3.63) is 28.8 Å². The van der Waals surface area contributed by atoms with Crippen molar-refractivity contribution in [2.75, 3.05) is 12.8 Å². The van der Waals surface area contributed by atoms with Gasteiger partial charge in [0.05, 0.1) is 12.7 Å². The Kier molecular flexibility index (Phi) is 4.20. The van der Waals surface area contributed by atoms with Crippen molar-refractivity contribution in [1.29, 1.82) is 0 Å². The molecule has 0 aliphatic heterocycles. The van der Waals surface area contributed by atoms with Gasteiger partial charge in [-0.25, -0.2) is 4.79 Å². The molecule has 1 aromatic carbocycles. The average molecular weight is 261 g/mol. The largest absolute Gasteiger partial charge is 0.465 e. The van der Waals surface area contributed by atoms with E-state index in [1.807, 2.05) is 13.0 Å². The molecule has 1 aromatic rings. The van der Waals surface area contributed by atoms with Gasteiger partial charge >= 0.3 is 5.97 Å². The molecule has 4 heteroatoms. The Balaban J connectivity index is 3.22. The molecule has 0 saturated heterocycles. The van der Waals surface area contributed by atoms with Crippen molar-refractivity contribution >= 4 is 19.7 Å². The minimum Gasteiger partial charge on any atom is -0.465 e. The summed E-state index contributed by atoms with van der Waals surface area (Å²) in [5, 5.41) is 0. The summed E-state index contributed by atoms with van der Waals surface area (Å²) in [4.78, 5) is 11.5. The predicted molar refractivity (Wildman–Crippen MR) is 77.2 cm³/mol. The smallest absolute Gasteiger partial charge is 0.338 e. The second-order valence-corrected chi connectivity index (χ2v) is 10.00. The molecule has 18 heavy (non-hydrogen) atoms. The molecule has 0 atom stereocenters. The van der Waals surface area contributed by atoms with Crippen LogP contribution in [0.5, 0.6) is 0 Å². The number of esters is 1. The molecular formula is C14H19NO2Si. The van der Waals surface area contributed by atoms with Gasteiger partial charge in [0.2, 0.25) is 0 Å². The molecule has 0 unspecified atom stereocenters. The molecule has 0 fully saturated rings. The van der Waals surface area contributed by atoms with Crippen LogP contribution in [0.25, 0.3) is 0 Å². The van der Waals surface area contributed by atoms with Crippen LogP contribution in [-0.2, 0) is 4.74 Å². The van der Waals surface area contributed by atoms with Crippen molar-refractivity contribution in [1.82, 2.24) is 0 Å². The van der Waals surface area contributed by atoms with Crippen LogP contribution in [0.1, 0.15) is 21.5 Å². The maximum absolute atomic E-state index is 11.5. The van der Waals surface area contributed by atoms with Crippen LogP contribution < -0.4 is 5.73 Å². The summed E-state index contributed by atoms with van der Waals surface area (Å²) in [5.41, 5.74) is 11.8. The first-order chi connectivity index (χ1) is 8.24. The van der Waals surface area contributed by atoms with Crippen molar-refractivity contribution < 1.29 is 9.53 Å². The van der Waals surface area contributed by atoms with Crippen LogP contribution in [-0.4, -0.2) is 21.2 Å². The van der Waals surface area contributed by atoms with Gasteiger partial charge in [0.25, 0.3) is 0 Å². The Labute approximate surface area is 109 Å². The molecule has 0 aliphatic rings. The molecule has 0 bridgehead atoms. The fourth-order valence-electron chi connectivity index (χ4n) is 1.42. The van der Waals surface area contributed by atoms with Gasteiger partial charge < -0.3 is 10.5 Å². The van der Waals surface area contributed by atoms with Crippen molar-refractivity contribution in [2.24, 2.45) is 0 Å². The van der Waals surface area contributed by atoms with Gasteiger partial charge in [-0.2, -0.15) is 0 Å². The third kappa shape index (κ3) is 3.64. The van der Waals surface area contributed by atoms with Crippen molar-refractivity contribution in [2.45, 2.75) is 26.6 Å². The summed E-state index contributed by atoms with van der Waals surface area (Å²) in [6, 6.07) is 3.48. The van der Waals surface area contributed by atoms with Gasteiger partial charge in [-0.15, -0.1) is 5.54 Å². The second kappa shape index (κ2) is 5.28. The number of nitrogen functional groups attached to an aromatic ring is 1. The highest BCUT2D eigenvalue weighted by atomic mass is 28.3. The number of methoxy groups -OCH3 is 1. The maximum Gasteiger partial charge on any atom is 0.338 e. The lowest BCUT2D eigenvalue weighted by atomic mass is 10.0. The van der Waals surface area contributed by atoms with Crippen LogP contribution in [0.3, 0.4) is 0 Å². The van der Waals surface area contributed by atoms with Crippen LogP contribution in [0.2, 0.25) is 19.6 Å². The number of carbonyl (C=O) groups is 1. The van der Waals surface area contributed by atoms with E-state index in [2.05, 4.69) is 31.1 Å². The summed E-state index contributed by atoms with van der Waals surface area (Å²) in [5.74, 6) is 2.74. The molecule has 0 amide bonds. The van der Waals surface area contributed by atoms with Gasteiger partial charge in [-0.3, -0.25) is 0 Å². The number of hydrogen-bond acceptors (Lipinski definition) is 3. The topological polar surface area (TPSA) is 52.3 Å². The minimum absolute atomic E-state index is 0.371. The number of benzene rings is 1. The van der Waals surface area contributed by atoms with E-state index in [-0.39, 0.29) is 5.97 Å². The van der Waals surface area contributed by atoms with Gasteiger partial charge in [-0.05, 0) is 24.6 Å². The minimum atomic E-state index is -1.43. The Morgan fingerprint density at radius 1 is 1.33 bits per heavy atom. The number of carbonyl (C=O) groups excluding carboxylic acids is 1.